The van der Waals surface area contributed by atoms with E-state index in [-0.39, 0.29) is 36.9 Å². The molecule has 3 aromatic rings. The Labute approximate surface area is 256 Å². The third kappa shape index (κ3) is 6.75. The van der Waals surface area contributed by atoms with Crippen molar-refractivity contribution >= 4 is 40.7 Å². The van der Waals surface area contributed by atoms with Gasteiger partial charge < -0.3 is 30.7 Å². The summed E-state index contributed by atoms with van der Waals surface area (Å²) in [6.07, 6.45) is 8.08. The van der Waals surface area contributed by atoms with Crippen molar-refractivity contribution < 1.29 is 13.6 Å². The Hall–Kier alpha value is -4.32. The van der Waals surface area contributed by atoms with Crippen LogP contribution in [-0.4, -0.2) is 84.5 Å². The zero-order valence-corrected chi connectivity index (χ0v) is 25.0. The summed E-state index contributed by atoms with van der Waals surface area (Å²) in [6, 6.07) is 13.3. The fourth-order valence-electron chi connectivity index (χ4n) is 6.14. The van der Waals surface area contributed by atoms with Crippen LogP contribution in [0.2, 0.25) is 0 Å². The molecule has 3 aliphatic rings. The van der Waals surface area contributed by atoms with Gasteiger partial charge in [-0.1, -0.05) is 12.1 Å². The molecule has 12 heteroatoms. The lowest BCUT2D eigenvalue weighted by molar-refractivity contribution is -0.0266. The molecule has 10 nitrogen and oxygen atoms in total. The zero-order chi connectivity index (χ0) is 30.7. The van der Waals surface area contributed by atoms with E-state index < -0.39 is 5.92 Å². The molecular weight excluding hydrogens is 564 g/mol. The molecule has 5 heterocycles. The summed E-state index contributed by atoms with van der Waals surface area (Å²) in [5, 5.41) is 9.06. The Morgan fingerprint density at radius 2 is 1.66 bits per heavy atom. The number of aromatic nitrogens is 3. The predicted octanol–water partition coefficient (Wildman–Crippen LogP) is 5.04. The summed E-state index contributed by atoms with van der Waals surface area (Å²) in [7, 11) is 2.22. The van der Waals surface area contributed by atoms with Gasteiger partial charge in [0.25, 0.3) is 11.8 Å². The van der Waals surface area contributed by atoms with Crippen molar-refractivity contribution in [3.05, 3.63) is 66.9 Å². The van der Waals surface area contributed by atoms with E-state index in [1.807, 2.05) is 12.1 Å². The standard InChI is InChI=1S/C32H39F2N9O/c1-3-15-35-29(44)25-20-36-30(40-28(25)39-26-5-4-6-27(38-26)43-21-32(33,34)22-43)37-23-7-9-24(10-8-23)42-18-13-31(14-19-42)11-16-41(2)17-12-31/h3-10,20H,1,11-19,21-22H2,2H3,(H,35,44)(H2,36,37,38,39,40). The number of pyridine rings is 1. The molecule has 44 heavy (non-hydrogen) atoms. The number of nitrogens with one attached hydrogen (secondary N) is 3. The lowest BCUT2D eigenvalue weighted by Gasteiger charge is -2.46. The summed E-state index contributed by atoms with van der Waals surface area (Å²) in [5.41, 5.74) is 2.72. The van der Waals surface area contributed by atoms with Crippen molar-refractivity contribution in [3.8, 4) is 0 Å². The van der Waals surface area contributed by atoms with E-state index in [2.05, 4.69) is 66.5 Å². The van der Waals surface area contributed by atoms with Gasteiger partial charge in [0.2, 0.25) is 5.95 Å². The van der Waals surface area contributed by atoms with Crippen LogP contribution < -0.4 is 25.8 Å². The normalized spacial score (nSPS) is 19.2. The molecule has 6 rings (SSSR count). The van der Waals surface area contributed by atoms with Gasteiger partial charge in [-0.15, -0.1) is 6.58 Å². The minimum absolute atomic E-state index is 0.211. The first kappa shape index (κ1) is 29.7. The summed E-state index contributed by atoms with van der Waals surface area (Å²) < 4.78 is 26.8. The van der Waals surface area contributed by atoms with Gasteiger partial charge in [-0.3, -0.25) is 4.79 Å². The molecule has 3 N–H and O–H groups in total. The van der Waals surface area contributed by atoms with E-state index in [1.165, 1.54) is 55.6 Å². The number of anilines is 6. The molecule has 0 saturated carbocycles. The predicted molar refractivity (Wildman–Crippen MR) is 170 cm³/mol. The molecule has 232 valence electrons. The van der Waals surface area contributed by atoms with Crippen LogP contribution in [0, 0.1) is 5.41 Å². The van der Waals surface area contributed by atoms with Crippen LogP contribution >= 0.6 is 0 Å². The Bertz CT molecular complexity index is 1470. The highest BCUT2D eigenvalue weighted by Crippen LogP contribution is 2.42. The SMILES string of the molecule is C=CCNC(=O)c1cnc(Nc2ccc(N3CCC4(CCN(C)CC4)CC3)cc2)nc1Nc1cccc(N2CC(F)(F)C2)n1. The number of carbonyl (C=O) groups excluding carboxylic acids is 1. The summed E-state index contributed by atoms with van der Waals surface area (Å²) in [4.78, 5) is 32.7. The molecule has 1 spiro atoms. The van der Waals surface area contributed by atoms with Gasteiger partial charge in [-0.05, 0) is 87.6 Å². The molecule has 1 aromatic carbocycles. The highest BCUT2D eigenvalue weighted by Gasteiger charge is 2.44. The van der Waals surface area contributed by atoms with Crippen LogP contribution in [0.4, 0.5) is 43.6 Å². The van der Waals surface area contributed by atoms with Crippen molar-refractivity contribution in [2.45, 2.75) is 31.6 Å². The van der Waals surface area contributed by atoms with Crippen molar-refractivity contribution in [1.82, 2.24) is 25.2 Å². The second-order valence-corrected chi connectivity index (χ2v) is 12.1. The lowest BCUT2D eigenvalue weighted by Crippen LogP contribution is -2.56. The maximum Gasteiger partial charge on any atom is 0.282 e. The number of amides is 1. The molecule has 1 amide bonds. The van der Waals surface area contributed by atoms with E-state index in [1.54, 1.807) is 24.3 Å². The lowest BCUT2D eigenvalue weighted by atomic mass is 9.71. The van der Waals surface area contributed by atoms with Gasteiger partial charge in [-0.25, -0.2) is 18.7 Å². The van der Waals surface area contributed by atoms with Gasteiger partial charge in [0.05, 0.1) is 13.1 Å². The molecule has 0 aliphatic carbocycles. The van der Waals surface area contributed by atoms with Crippen molar-refractivity contribution in [2.75, 3.05) is 73.3 Å². The first-order chi connectivity index (χ1) is 21.2. The molecule has 3 aliphatic heterocycles. The molecule has 0 bridgehead atoms. The fourth-order valence-corrected chi connectivity index (χ4v) is 6.14. The summed E-state index contributed by atoms with van der Waals surface area (Å²) in [6.45, 7) is 7.69. The minimum Gasteiger partial charge on any atom is -0.371 e. The maximum absolute atomic E-state index is 13.4. The smallest absolute Gasteiger partial charge is 0.282 e. The quantitative estimate of drug-likeness (QED) is 0.290. The third-order valence-corrected chi connectivity index (χ3v) is 8.95. The highest BCUT2D eigenvalue weighted by molar-refractivity contribution is 5.99. The van der Waals surface area contributed by atoms with E-state index in [9.17, 15) is 13.6 Å². The molecular formula is C32H39F2N9O. The molecule has 0 atom stereocenters. The Morgan fingerprint density at radius 1 is 0.955 bits per heavy atom. The van der Waals surface area contributed by atoms with Crippen molar-refractivity contribution in [3.63, 3.8) is 0 Å². The van der Waals surface area contributed by atoms with Crippen LogP contribution in [0.15, 0.2) is 61.3 Å². The topological polar surface area (TPSA) is 102 Å². The number of alkyl halides is 2. The van der Waals surface area contributed by atoms with Gasteiger partial charge in [0, 0.05) is 37.2 Å². The average Bonchev–Trinajstić information content (AvgIpc) is 3.01. The summed E-state index contributed by atoms with van der Waals surface area (Å²) >= 11 is 0. The number of benzene rings is 1. The Morgan fingerprint density at radius 3 is 2.34 bits per heavy atom. The largest absolute Gasteiger partial charge is 0.371 e. The van der Waals surface area contributed by atoms with Crippen LogP contribution in [0.5, 0.6) is 0 Å². The Balaban J connectivity index is 1.14. The number of likely N-dealkylation sites (tertiary alicyclic amines) is 1. The van der Waals surface area contributed by atoms with Gasteiger partial charge in [0.1, 0.15) is 23.0 Å². The number of piperidine rings is 2. The van der Waals surface area contributed by atoms with Crippen LogP contribution in [0.1, 0.15) is 36.0 Å². The molecule has 3 fully saturated rings. The highest BCUT2D eigenvalue weighted by atomic mass is 19.3. The number of rotatable bonds is 9. The number of carbonyl (C=O) groups is 1. The molecule has 0 unspecified atom stereocenters. The van der Waals surface area contributed by atoms with E-state index >= 15 is 0 Å². The molecule has 0 radical (unpaired) electrons. The Kier molecular flexibility index (Phi) is 8.35. The van der Waals surface area contributed by atoms with Gasteiger partial charge in [-0.2, -0.15) is 4.98 Å². The second kappa shape index (κ2) is 12.4. The zero-order valence-electron chi connectivity index (χ0n) is 25.0. The summed E-state index contributed by atoms with van der Waals surface area (Å²) in [5.74, 6) is -1.79. The first-order valence-corrected chi connectivity index (χ1v) is 15.1. The van der Waals surface area contributed by atoms with Crippen LogP contribution in [0.3, 0.4) is 0 Å². The number of hydrogen-bond acceptors (Lipinski definition) is 9. The van der Waals surface area contributed by atoms with E-state index in [0.29, 0.717) is 23.0 Å². The third-order valence-electron chi connectivity index (χ3n) is 8.95. The maximum atomic E-state index is 13.4. The van der Waals surface area contributed by atoms with Gasteiger partial charge >= 0.3 is 0 Å². The van der Waals surface area contributed by atoms with Crippen LogP contribution in [0.25, 0.3) is 0 Å². The first-order valence-electron chi connectivity index (χ1n) is 15.1. The fraction of sp³-hybridized carbons (Fsp3) is 0.438. The molecule has 2 aromatic heterocycles. The van der Waals surface area contributed by atoms with Crippen LogP contribution in [-0.2, 0) is 0 Å². The number of nitrogens with zero attached hydrogens (tertiary/aromatic N) is 6. The van der Waals surface area contributed by atoms with Crippen molar-refractivity contribution in [1.29, 1.82) is 0 Å². The monoisotopic (exact) mass is 603 g/mol. The minimum atomic E-state index is -2.71. The molecule has 3 saturated heterocycles. The number of hydrogen-bond donors (Lipinski definition) is 3. The average molecular weight is 604 g/mol. The van der Waals surface area contributed by atoms with Gasteiger partial charge in [0.15, 0.2) is 0 Å². The second-order valence-electron chi connectivity index (χ2n) is 12.1. The van der Waals surface area contributed by atoms with Crippen molar-refractivity contribution in [2.24, 2.45) is 5.41 Å². The number of halogens is 2. The van der Waals surface area contributed by atoms with E-state index in [4.69, 9.17) is 0 Å². The van der Waals surface area contributed by atoms with E-state index in [0.717, 1.165) is 18.8 Å².